The fourth-order valence-electron chi connectivity index (χ4n) is 2.33. The van der Waals surface area contributed by atoms with Gasteiger partial charge in [-0.05, 0) is 24.0 Å². The van der Waals surface area contributed by atoms with Crippen molar-refractivity contribution in [3.63, 3.8) is 0 Å². The number of thioether (sulfide) groups is 1. The number of phenolic OH excluding ortho intramolecular Hbond substituents is 1. The highest BCUT2D eigenvalue weighted by Crippen LogP contribution is 2.39. The second kappa shape index (κ2) is 7.31. The molecule has 2 aromatic carbocycles. The van der Waals surface area contributed by atoms with E-state index >= 15 is 0 Å². The molecular formula is C18H16N2O3S. The van der Waals surface area contributed by atoms with Gasteiger partial charge in [-0.25, -0.2) is 0 Å². The molecule has 1 N–H and O–H groups in total. The summed E-state index contributed by atoms with van der Waals surface area (Å²) in [5, 5.41) is 18.1. The van der Waals surface area contributed by atoms with E-state index in [1.807, 2.05) is 19.1 Å². The molecule has 0 radical (unpaired) electrons. The monoisotopic (exact) mass is 340 g/mol. The van der Waals surface area contributed by atoms with Gasteiger partial charge in [0.15, 0.2) is 0 Å². The van der Waals surface area contributed by atoms with Crippen molar-refractivity contribution in [2.45, 2.75) is 12.2 Å². The molecule has 1 heterocycles. The van der Waals surface area contributed by atoms with Gasteiger partial charge >= 0.3 is 0 Å². The molecule has 122 valence electrons. The first-order chi connectivity index (χ1) is 11.7. The van der Waals surface area contributed by atoms with Crippen LogP contribution in [-0.4, -0.2) is 27.3 Å². The van der Waals surface area contributed by atoms with E-state index in [2.05, 4.69) is 10.2 Å². The summed E-state index contributed by atoms with van der Waals surface area (Å²) < 4.78 is 5.82. The molecule has 1 atom stereocenters. The number of para-hydroxylation sites is 1. The zero-order valence-corrected chi connectivity index (χ0v) is 13.9. The summed E-state index contributed by atoms with van der Waals surface area (Å²) in [5.74, 6) is 1.88. The van der Waals surface area contributed by atoms with Gasteiger partial charge in [0.25, 0.3) is 0 Å². The van der Waals surface area contributed by atoms with Crippen LogP contribution in [0.15, 0.2) is 52.9 Å². The Morgan fingerprint density at radius 3 is 2.58 bits per heavy atom. The lowest BCUT2D eigenvalue weighted by Crippen LogP contribution is -1.98. The van der Waals surface area contributed by atoms with E-state index in [0.717, 1.165) is 23.2 Å². The van der Waals surface area contributed by atoms with Crippen molar-refractivity contribution in [3.8, 4) is 17.2 Å². The number of aromatic nitrogens is 2. The van der Waals surface area contributed by atoms with Crippen LogP contribution < -0.4 is 0 Å². The van der Waals surface area contributed by atoms with Crippen molar-refractivity contribution >= 4 is 18.0 Å². The lowest BCUT2D eigenvalue weighted by atomic mass is 10.1. The quantitative estimate of drug-likeness (QED) is 0.681. The van der Waals surface area contributed by atoms with Gasteiger partial charge in [-0.1, -0.05) is 37.3 Å². The minimum absolute atomic E-state index is 0.207. The fraction of sp³-hybridized carbons (Fsp3) is 0.167. The van der Waals surface area contributed by atoms with Crippen LogP contribution in [0.4, 0.5) is 0 Å². The van der Waals surface area contributed by atoms with Crippen LogP contribution >= 0.6 is 11.8 Å². The molecule has 1 unspecified atom stereocenters. The molecule has 1 aromatic heterocycles. The molecule has 3 rings (SSSR count). The smallest absolute Gasteiger partial charge is 0.247 e. The second-order valence-corrected chi connectivity index (χ2v) is 6.46. The fourth-order valence-corrected chi connectivity index (χ4v) is 3.28. The number of rotatable bonds is 6. The highest BCUT2D eigenvalue weighted by Gasteiger charge is 2.23. The predicted octanol–water partition coefficient (Wildman–Crippen LogP) is 4.10. The summed E-state index contributed by atoms with van der Waals surface area (Å²) in [7, 11) is 0. The van der Waals surface area contributed by atoms with Crippen LogP contribution in [0.2, 0.25) is 0 Å². The normalized spacial score (nSPS) is 12.0. The minimum Gasteiger partial charge on any atom is -0.508 e. The Kier molecular flexibility index (Phi) is 4.96. The van der Waals surface area contributed by atoms with Crippen LogP contribution in [0, 0.1) is 0 Å². The number of carbonyl (C=O) groups is 1. The molecule has 0 fully saturated rings. The molecule has 0 bridgehead atoms. The van der Waals surface area contributed by atoms with E-state index in [1.54, 1.807) is 48.2 Å². The van der Waals surface area contributed by atoms with Crippen LogP contribution in [0.3, 0.4) is 0 Å². The SMILES string of the molecule is CCSC(c1nnc(-c2ccc(C=O)cc2)o1)c1ccccc1O. The highest BCUT2D eigenvalue weighted by atomic mass is 32.2. The van der Waals surface area contributed by atoms with Gasteiger partial charge in [-0.2, -0.15) is 0 Å². The van der Waals surface area contributed by atoms with Crippen molar-refractivity contribution in [1.29, 1.82) is 0 Å². The number of phenols is 1. The number of hydrogen-bond donors (Lipinski definition) is 1. The number of carbonyl (C=O) groups excluding carboxylic acids is 1. The third-order valence-electron chi connectivity index (χ3n) is 3.51. The zero-order valence-electron chi connectivity index (χ0n) is 13.0. The van der Waals surface area contributed by atoms with Gasteiger partial charge in [0.2, 0.25) is 11.8 Å². The third kappa shape index (κ3) is 3.33. The first kappa shape index (κ1) is 16.3. The Morgan fingerprint density at radius 1 is 1.17 bits per heavy atom. The van der Waals surface area contributed by atoms with Crippen LogP contribution in [0.25, 0.3) is 11.5 Å². The van der Waals surface area contributed by atoms with Crippen molar-refractivity contribution < 1.29 is 14.3 Å². The zero-order chi connectivity index (χ0) is 16.9. The predicted molar refractivity (Wildman–Crippen MR) is 93.2 cm³/mol. The maximum Gasteiger partial charge on any atom is 0.247 e. The summed E-state index contributed by atoms with van der Waals surface area (Å²) in [6, 6.07) is 14.1. The van der Waals surface area contributed by atoms with Crippen molar-refractivity contribution in [1.82, 2.24) is 10.2 Å². The number of nitrogens with zero attached hydrogens (tertiary/aromatic N) is 2. The summed E-state index contributed by atoms with van der Waals surface area (Å²) in [6.07, 6.45) is 0.787. The molecule has 0 saturated carbocycles. The second-order valence-electron chi connectivity index (χ2n) is 5.08. The van der Waals surface area contributed by atoms with Crippen molar-refractivity contribution in [3.05, 3.63) is 65.5 Å². The number of aldehydes is 1. The Balaban J connectivity index is 1.94. The Hall–Kier alpha value is -2.60. The number of benzene rings is 2. The molecule has 0 aliphatic rings. The largest absolute Gasteiger partial charge is 0.508 e. The number of hydrogen-bond acceptors (Lipinski definition) is 6. The molecule has 0 aliphatic carbocycles. The van der Waals surface area contributed by atoms with Crippen LogP contribution in [0.1, 0.15) is 34.0 Å². The maximum absolute atomic E-state index is 10.7. The third-order valence-corrected chi connectivity index (χ3v) is 4.63. The molecule has 0 amide bonds. The van der Waals surface area contributed by atoms with Crippen LogP contribution in [-0.2, 0) is 0 Å². The van der Waals surface area contributed by atoms with Crippen molar-refractivity contribution in [2.24, 2.45) is 0 Å². The van der Waals surface area contributed by atoms with E-state index in [1.165, 1.54) is 0 Å². The van der Waals surface area contributed by atoms with Crippen LogP contribution in [0.5, 0.6) is 5.75 Å². The molecule has 0 aliphatic heterocycles. The first-order valence-corrected chi connectivity index (χ1v) is 8.56. The molecule has 5 nitrogen and oxygen atoms in total. The summed E-state index contributed by atoms with van der Waals surface area (Å²) in [5.41, 5.74) is 2.08. The molecule has 0 saturated heterocycles. The molecule has 3 aromatic rings. The average molecular weight is 340 g/mol. The average Bonchev–Trinajstić information content (AvgIpc) is 3.10. The lowest BCUT2D eigenvalue weighted by Gasteiger charge is -2.13. The van der Waals surface area contributed by atoms with E-state index < -0.39 is 0 Å². The van der Waals surface area contributed by atoms with Gasteiger partial charge in [0.1, 0.15) is 17.3 Å². The molecule has 0 spiro atoms. The number of aromatic hydroxyl groups is 1. The molecular weight excluding hydrogens is 324 g/mol. The van der Waals surface area contributed by atoms with E-state index in [4.69, 9.17) is 4.42 Å². The summed E-state index contributed by atoms with van der Waals surface area (Å²) >= 11 is 1.61. The highest BCUT2D eigenvalue weighted by molar-refractivity contribution is 7.99. The van der Waals surface area contributed by atoms with Gasteiger partial charge in [0.05, 0.1) is 0 Å². The van der Waals surface area contributed by atoms with E-state index in [0.29, 0.717) is 17.3 Å². The van der Waals surface area contributed by atoms with Gasteiger partial charge in [0, 0.05) is 16.7 Å². The van der Waals surface area contributed by atoms with Crippen molar-refractivity contribution in [2.75, 3.05) is 5.75 Å². The Labute approximate surface area is 143 Å². The Morgan fingerprint density at radius 2 is 1.92 bits per heavy atom. The molecule has 6 heteroatoms. The first-order valence-electron chi connectivity index (χ1n) is 7.51. The topological polar surface area (TPSA) is 76.2 Å². The van der Waals surface area contributed by atoms with Gasteiger partial charge < -0.3 is 9.52 Å². The standard InChI is InChI=1S/C18H16N2O3S/c1-2-24-16(14-5-3-4-6-15(14)22)18-20-19-17(23-18)13-9-7-12(11-21)8-10-13/h3-11,16,22H,2H2,1H3. The summed E-state index contributed by atoms with van der Waals surface area (Å²) in [6.45, 7) is 2.03. The minimum atomic E-state index is -0.230. The van der Waals surface area contributed by atoms with E-state index in [-0.39, 0.29) is 11.0 Å². The lowest BCUT2D eigenvalue weighted by molar-refractivity contribution is 0.112. The van der Waals surface area contributed by atoms with Gasteiger partial charge in [-0.15, -0.1) is 22.0 Å². The maximum atomic E-state index is 10.7. The summed E-state index contributed by atoms with van der Waals surface area (Å²) in [4.78, 5) is 10.7. The molecule has 24 heavy (non-hydrogen) atoms. The van der Waals surface area contributed by atoms with E-state index in [9.17, 15) is 9.90 Å². The van der Waals surface area contributed by atoms with Gasteiger partial charge in [-0.3, -0.25) is 4.79 Å². The Bertz CT molecular complexity index is 830.